The molecule has 0 radical (unpaired) electrons. The fraction of sp³-hybridized carbons (Fsp3) is 0.462. The average Bonchev–Trinajstić information content (AvgIpc) is 2.34. The summed E-state index contributed by atoms with van der Waals surface area (Å²) < 4.78 is 26.4. The molecule has 1 aromatic carbocycles. The van der Waals surface area contributed by atoms with Crippen LogP contribution in [0.3, 0.4) is 0 Å². The van der Waals surface area contributed by atoms with E-state index in [1.54, 1.807) is 4.90 Å². The maximum atomic E-state index is 13.4. The van der Waals surface area contributed by atoms with E-state index in [-0.39, 0.29) is 17.9 Å². The van der Waals surface area contributed by atoms with Gasteiger partial charge in [0.2, 0.25) is 5.91 Å². The molecule has 0 unspecified atom stereocenters. The molecule has 0 aromatic heterocycles. The van der Waals surface area contributed by atoms with E-state index in [0.29, 0.717) is 19.0 Å². The van der Waals surface area contributed by atoms with Crippen molar-refractivity contribution in [1.82, 2.24) is 4.90 Å². The van der Waals surface area contributed by atoms with Gasteiger partial charge in [-0.15, -0.1) is 11.6 Å². The van der Waals surface area contributed by atoms with E-state index < -0.39 is 11.6 Å². The molecule has 100 valence electrons. The topological polar surface area (TPSA) is 20.3 Å². The molecular formula is C13H16ClF2NO. The van der Waals surface area contributed by atoms with Crippen LogP contribution >= 0.6 is 11.6 Å². The third-order valence-corrected chi connectivity index (χ3v) is 2.74. The van der Waals surface area contributed by atoms with E-state index in [1.807, 2.05) is 6.92 Å². The Labute approximate surface area is 111 Å². The standard InChI is InChI=1S/C13H16ClF2NO/c1-2-7-17(8-6-14)12(18)9-10-4-3-5-11(15)13(10)16/h3-5H,2,6-9H2,1H3. The van der Waals surface area contributed by atoms with Gasteiger partial charge in [0.05, 0.1) is 6.42 Å². The summed E-state index contributed by atoms with van der Waals surface area (Å²) in [5.74, 6) is -1.79. The van der Waals surface area contributed by atoms with Crippen molar-refractivity contribution in [3.05, 3.63) is 35.4 Å². The van der Waals surface area contributed by atoms with E-state index in [1.165, 1.54) is 12.1 Å². The molecule has 1 aromatic rings. The number of alkyl halides is 1. The Balaban J connectivity index is 2.75. The summed E-state index contributed by atoms with van der Waals surface area (Å²) in [6.45, 7) is 2.94. The first-order valence-electron chi connectivity index (χ1n) is 5.86. The van der Waals surface area contributed by atoms with Crippen LogP contribution in [0, 0.1) is 11.6 Å². The highest BCUT2D eigenvalue weighted by atomic mass is 35.5. The number of carbonyl (C=O) groups is 1. The molecule has 0 aliphatic heterocycles. The molecule has 0 fully saturated rings. The Morgan fingerprint density at radius 3 is 2.67 bits per heavy atom. The average molecular weight is 276 g/mol. The van der Waals surface area contributed by atoms with Gasteiger partial charge in [-0.3, -0.25) is 4.79 Å². The molecule has 0 heterocycles. The van der Waals surface area contributed by atoms with Crippen LogP contribution in [0.5, 0.6) is 0 Å². The number of amides is 1. The van der Waals surface area contributed by atoms with Crippen molar-refractivity contribution < 1.29 is 13.6 Å². The van der Waals surface area contributed by atoms with Crippen molar-refractivity contribution in [2.45, 2.75) is 19.8 Å². The molecule has 0 aliphatic carbocycles. The van der Waals surface area contributed by atoms with E-state index in [0.717, 1.165) is 12.5 Å². The zero-order valence-corrected chi connectivity index (χ0v) is 11.0. The van der Waals surface area contributed by atoms with Crippen LogP contribution in [0.1, 0.15) is 18.9 Å². The van der Waals surface area contributed by atoms with Gasteiger partial charge in [-0.2, -0.15) is 0 Å². The Bertz CT molecular complexity index is 406. The molecule has 0 bridgehead atoms. The second kappa shape index (κ2) is 7.31. The van der Waals surface area contributed by atoms with Gasteiger partial charge >= 0.3 is 0 Å². The Hall–Kier alpha value is -1.16. The third-order valence-electron chi connectivity index (χ3n) is 2.57. The van der Waals surface area contributed by atoms with Crippen LogP contribution in [0.4, 0.5) is 8.78 Å². The summed E-state index contributed by atoms with van der Waals surface area (Å²) in [5.41, 5.74) is 0.0793. The van der Waals surface area contributed by atoms with Gasteiger partial charge in [0.1, 0.15) is 0 Å². The normalized spacial score (nSPS) is 10.4. The van der Waals surface area contributed by atoms with Crippen molar-refractivity contribution in [2.75, 3.05) is 19.0 Å². The molecule has 0 atom stereocenters. The molecular weight excluding hydrogens is 260 g/mol. The minimum atomic E-state index is -0.951. The van der Waals surface area contributed by atoms with Crippen LogP contribution in [0.2, 0.25) is 0 Å². The summed E-state index contributed by atoms with van der Waals surface area (Å²) in [7, 11) is 0. The molecule has 0 N–H and O–H groups in total. The van der Waals surface area contributed by atoms with Gasteiger partial charge in [-0.1, -0.05) is 19.1 Å². The van der Waals surface area contributed by atoms with E-state index in [9.17, 15) is 13.6 Å². The van der Waals surface area contributed by atoms with Crippen LogP contribution in [-0.2, 0) is 11.2 Å². The lowest BCUT2D eigenvalue weighted by Gasteiger charge is -2.21. The highest BCUT2D eigenvalue weighted by molar-refractivity contribution is 6.18. The SMILES string of the molecule is CCCN(CCCl)C(=O)Cc1cccc(F)c1F. The summed E-state index contributed by atoms with van der Waals surface area (Å²) >= 11 is 5.61. The molecule has 0 saturated heterocycles. The number of benzene rings is 1. The predicted octanol–water partition coefficient (Wildman–Crippen LogP) is 2.98. The van der Waals surface area contributed by atoms with Gasteiger partial charge in [0, 0.05) is 24.5 Å². The van der Waals surface area contributed by atoms with Gasteiger partial charge in [-0.25, -0.2) is 8.78 Å². The van der Waals surface area contributed by atoms with Crippen LogP contribution in [0.15, 0.2) is 18.2 Å². The van der Waals surface area contributed by atoms with Crippen LogP contribution in [-0.4, -0.2) is 29.8 Å². The first-order valence-corrected chi connectivity index (χ1v) is 6.40. The van der Waals surface area contributed by atoms with Gasteiger partial charge < -0.3 is 4.90 Å². The molecule has 18 heavy (non-hydrogen) atoms. The number of halogens is 3. The fourth-order valence-corrected chi connectivity index (χ4v) is 1.90. The van der Waals surface area contributed by atoms with Crippen molar-refractivity contribution >= 4 is 17.5 Å². The molecule has 5 heteroatoms. The molecule has 0 spiro atoms. The molecule has 1 rings (SSSR count). The van der Waals surface area contributed by atoms with E-state index in [2.05, 4.69) is 0 Å². The van der Waals surface area contributed by atoms with Crippen molar-refractivity contribution in [2.24, 2.45) is 0 Å². The Morgan fingerprint density at radius 2 is 2.06 bits per heavy atom. The first kappa shape index (κ1) is 14.9. The summed E-state index contributed by atoms with van der Waals surface area (Å²) in [4.78, 5) is 13.5. The largest absolute Gasteiger partial charge is 0.341 e. The second-order valence-electron chi connectivity index (χ2n) is 3.96. The predicted molar refractivity (Wildman–Crippen MR) is 67.7 cm³/mol. The molecule has 0 saturated carbocycles. The molecule has 1 amide bonds. The van der Waals surface area contributed by atoms with Crippen molar-refractivity contribution in [1.29, 1.82) is 0 Å². The number of hydrogen-bond donors (Lipinski definition) is 0. The lowest BCUT2D eigenvalue weighted by Crippen LogP contribution is -2.34. The fourth-order valence-electron chi connectivity index (χ4n) is 1.69. The van der Waals surface area contributed by atoms with E-state index in [4.69, 9.17) is 11.6 Å². The maximum absolute atomic E-state index is 13.4. The zero-order chi connectivity index (χ0) is 13.5. The summed E-state index contributed by atoms with van der Waals surface area (Å²) in [6.07, 6.45) is 0.661. The Kier molecular flexibility index (Phi) is 6.05. The van der Waals surface area contributed by atoms with Gasteiger partial charge in [0.25, 0.3) is 0 Å². The highest BCUT2D eigenvalue weighted by Gasteiger charge is 2.16. The second-order valence-corrected chi connectivity index (χ2v) is 4.34. The lowest BCUT2D eigenvalue weighted by atomic mass is 10.1. The maximum Gasteiger partial charge on any atom is 0.227 e. The van der Waals surface area contributed by atoms with Crippen molar-refractivity contribution in [3.63, 3.8) is 0 Å². The van der Waals surface area contributed by atoms with Crippen LogP contribution < -0.4 is 0 Å². The van der Waals surface area contributed by atoms with Gasteiger partial charge in [0.15, 0.2) is 11.6 Å². The van der Waals surface area contributed by atoms with Gasteiger partial charge in [-0.05, 0) is 12.5 Å². The molecule has 2 nitrogen and oxygen atoms in total. The number of carbonyl (C=O) groups excluding carboxylic acids is 1. The lowest BCUT2D eigenvalue weighted by molar-refractivity contribution is -0.130. The van der Waals surface area contributed by atoms with Crippen LogP contribution in [0.25, 0.3) is 0 Å². The Morgan fingerprint density at radius 1 is 1.33 bits per heavy atom. The monoisotopic (exact) mass is 275 g/mol. The smallest absolute Gasteiger partial charge is 0.227 e. The minimum absolute atomic E-state index is 0.0793. The molecule has 0 aliphatic rings. The minimum Gasteiger partial charge on any atom is -0.341 e. The summed E-state index contributed by atoms with van der Waals surface area (Å²) in [5, 5.41) is 0. The number of rotatable bonds is 6. The quantitative estimate of drug-likeness (QED) is 0.731. The third kappa shape index (κ3) is 3.95. The van der Waals surface area contributed by atoms with Crippen molar-refractivity contribution in [3.8, 4) is 0 Å². The zero-order valence-electron chi connectivity index (χ0n) is 10.3. The number of nitrogens with zero attached hydrogens (tertiary/aromatic N) is 1. The number of hydrogen-bond acceptors (Lipinski definition) is 1. The summed E-state index contributed by atoms with van der Waals surface area (Å²) in [6, 6.07) is 3.85. The van der Waals surface area contributed by atoms with E-state index >= 15 is 0 Å². The highest BCUT2D eigenvalue weighted by Crippen LogP contribution is 2.13. The first-order chi connectivity index (χ1) is 8.60.